The summed E-state index contributed by atoms with van der Waals surface area (Å²) in [7, 11) is 0. The number of unbranched alkanes of at least 4 members (excludes halogenated alkanes) is 1. The van der Waals surface area contributed by atoms with Gasteiger partial charge < -0.3 is 20.3 Å². The van der Waals surface area contributed by atoms with Crippen molar-refractivity contribution < 1.29 is 9.32 Å². The lowest BCUT2D eigenvalue weighted by Crippen LogP contribution is -2.34. The highest BCUT2D eigenvalue weighted by molar-refractivity contribution is 7.83. The van der Waals surface area contributed by atoms with Crippen LogP contribution in [-0.4, -0.2) is 55.5 Å². The van der Waals surface area contributed by atoms with Gasteiger partial charge in [-0.2, -0.15) is 4.40 Å². The average molecular weight is 508 g/mol. The zero-order chi connectivity index (χ0) is 25.2. The first kappa shape index (κ1) is 25.7. The minimum Gasteiger partial charge on any atom is -0.395 e. The summed E-state index contributed by atoms with van der Waals surface area (Å²) in [5.41, 5.74) is 3.55. The lowest BCUT2D eigenvalue weighted by molar-refractivity contribution is 0.288. The molecule has 0 spiro atoms. The SMILES string of the molecule is CCCN(CCCCc1cc[nH]c1C(CO)C1=NS(=O)N=C1NCc1ccncc1)c1ccccn1. The smallest absolute Gasteiger partial charge is 0.267 e. The second kappa shape index (κ2) is 13.1. The van der Waals surface area contributed by atoms with E-state index in [1.54, 1.807) is 12.4 Å². The second-order valence-electron chi connectivity index (χ2n) is 8.64. The molecule has 3 aromatic rings. The Morgan fingerprint density at radius 1 is 1.08 bits per heavy atom. The van der Waals surface area contributed by atoms with Crippen molar-refractivity contribution in [1.29, 1.82) is 0 Å². The molecule has 2 atom stereocenters. The Morgan fingerprint density at radius 2 is 1.94 bits per heavy atom. The molecule has 0 saturated heterocycles. The molecule has 0 aromatic carbocycles. The van der Waals surface area contributed by atoms with Crippen molar-refractivity contribution in [3.8, 4) is 0 Å². The maximum atomic E-state index is 12.2. The lowest BCUT2D eigenvalue weighted by Gasteiger charge is -2.23. The number of pyridine rings is 2. The third-order valence-electron chi connectivity index (χ3n) is 6.12. The number of nitrogens with zero attached hydrogens (tertiary/aromatic N) is 5. The van der Waals surface area contributed by atoms with Crippen LogP contribution in [0.5, 0.6) is 0 Å². The topological polar surface area (TPSA) is 119 Å². The summed E-state index contributed by atoms with van der Waals surface area (Å²) in [5.74, 6) is 1.03. The van der Waals surface area contributed by atoms with E-state index >= 15 is 0 Å². The summed E-state index contributed by atoms with van der Waals surface area (Å²) in [5, 5.41) is 13.5. The van der Waals surface area contributed by atoms with Gasteiger partial charge in [-0.3, -0.25) is 4.98 Å². The van der Waals surface area contributed by atoms with Crippen molar-refractivity contribution in [3.05, 3.63) is 78.0 Å². The quantitative estimate of drug-likeness (QED) is 0.305. The molecule has 3 aromatic heterocycles. The summed E-state index contributed by atoms with van der Waals surface area (Å²) in [6, 6.07) is 11.9. The lowest BCUT2D eigenvalue weighted by atomic mass is 9.94. The van der Waals surface area contributed by atoms with Crippen LogP contribution in [0.1, 0.15) is 48.9 Å². The zero-order valence-corrected chi connectivity index (χ0v) is 21.3. The largest absolute Gasteiger partial charge is 0.395 e. The van der Waals surface area contributed by atoms with Crippen molar-refractivity contribution in [1.82, 2.24) is 20.3 Å². The Hall–Kier alpha value is -3.37. The Balaban J connectivity index is 1.38. The van der Waals surface area contributed by atoms with Gasteiger partial charge in [0.15, 0.2) is 5.84 Å². The van der Waals surface area contributed by atoms with E-state index in [-0.39, 0.29) is 6.61 Å². The molecule has 1 aliphatic heterocycles. The van der Waals surface area contributed by atoms with Crippen LogP contribution in [0.3, 0.4) is 0 Å². The normalized spacial score (nSPS) is 15.9. The monoisotopic (exact) mass is 507 g/mol. The minimum atomic E-state index is -1.70. The molecule has 2 unspecified atom stereocenters. The van der Waals surface area contributed by atoms with E-state index < -0.39 is 17.1 Å². The molecule has 0 saturated carbocycles. The van der Waals surface area contributed by atoms with Gasteiger partial charge in [-0.1, -0.05) is 13.0 Å². The molecule has 0 amide bonds. The molecular weight excluding hydrogens is 474 g/mol. The van der Waals surface area contributed by atoms with E-state index in [4.69, 9.17) is 0 Å². The summed E-state index contributed by atoms with van der Waals surface area (Å²) < 4.78 is 20.6. The molecule has 190 valence electrons. The Morgan fingerprint density at radius 3 is 2.69 bits per heavy atom. The minimum absolute atomic E-state index is 0.163. The van der Waals surface area contributed by atoms with Gasteiger partial charge in [0.1, 0.15) is 11.5 Å². The number of anilines is 1. The third kappa shape index (κ3) is 6.64. The standard InChI is InChI=1S/C26H33N7O2S/c1-2-16-33(23-8-3-5-12-28-23)17-6-4-7-21-11-15-29-24(21)22(19-34)25-26(32-36(35)31-25)30-18-20-9-13-27-14-10-20/h3,5,8-15,22,29,34H,2,4,6-7,16-19H2,1H3,(H,30,32). The van der Waals surface area contributed by atoms with Crippen LogP contribution in [0.15, 0.2) is 70.0 Å². The summed E-state index contributed by atoms with van der Waals surface area (Å²) in [4.78, 5) is 14.1. The Kier molecular flexibility index (Phi) is 9.34. The van der Waals surface area contributed by atoms with Gasteiger partial charge in [0, 0.05) is 50.1 Å². The highest BCUT2D eigenvalue weighted by atomic mass is 32.2. The van der Waals surface area contributed by atoms with Crippen LogP contribution >= 0.6 is 0 Å². The van der Waals surface area contributed by atoms with Crippen molar-refractivity contribution >= 4 is 28.5 Å². The number of nitrogens with one attached hydrogen (secondary N) is 2. The summed E-state index contributed by atoms with van der Waals surface area (Å²) in [6.45, 7) is 4.43. The van der Waals surface area contributed by atoms with E-state index in [1.807, 2.05) is 42.7 Å². The maximum Gasteiger partial charge on any atom is 0.267 e. The first-order valence-corrected chi connectivity index (χ1v) is 13.4. The fraction of sp³-hybridized carbons (Fsp3) is 0.385. The van der Waals surface area contributed by atoms with Crippen LogP contribution < -0.4 is 10.2 Å². The number of aliphatic hydroxyl groups excluding tert-OH is 1. The number of hydrogen-bond acceptors (Lipinski definition) is 6. The van der Waals surface area contributed by atoms with Gasteiger partial charge in [0.05, 0.1) is 12.5 Å². The predicted molar refractivity (Wildman–Crippen MR) is 144 cm³/mol. The van der Waals surface area contributed by atoms with Gasteiger partial charge in [-0.05, 0) is 67.1 Å². The number of rotatable bonds is 13. The number of hydrogen-bond donors (Lipinski definition) is 3. The third-order valence-corrected chi connectivity index (χ3v) is 6.81. The van der Waals surface area contributed by atoms with Crippen LogP contribution in [-0.2, 0) is 24.1 Å². The van der Waals surface area contributed by atoms with E-state index in [0.717, 1.165) is 61.4 Å². The van der Waals surface area contributed by atoms with Gasteiger partial charge in [-0.15, -0.1) is 4.40 Å². The van der Waals surface area contributed by atoms with Gasteiger partial charge in [0.25, 0.3) is 11.2 Å². The van der Waals surface area contributed by atoms with E-state index in [0.29, 0.717) is 18.1 Å². The second-order valence-corrected chi connectivity index (χ2v) is 9.47. The van der Waals surface area contributed by atoms with Crippen molar-refractivity contribution in [2.24, 2.45) is 8.80 Å². The average Bonchev–Trinajstić information content (AvgIpc) is 3.52. The predicted octanol–water partition coefficient (Wildman–Crippen LogP) is 3.34. The van der Waals surface area contributed by atoms with Crippen LogP contribution in [0, 0.1) is 0 Å². The van der Waals surface area contributed by atoms with Crippen LogP contribution in [0.2, 0.25) is 0 Å². The molecular formula is C26H33N7O2S. The van der Waals surface area contributed by atoms with Gasteiger partial charge in [0.2, 0.25) is 0 Å². The number of aromatic nitrogens is 3. The molecule has 4 heterocycles. The van der Waals surface area contributed by atoms with Crippen molar-refractivity contribution in [2.75, 3.05) is 24.6 Å². The number of aliphatic hydroxyl groups is 1. The van der Waals surface area contributed by atoms with E-state index in [2.05, 4.69) is 47.0 Å². The molecule has 0 bridgehead atoms. The van der Waals surface area contributed by atoms with Crippen LogP contribution in [0.4, 0.5) is 5.82 Å². The highest BCUT2D eigenvalue weighted by Crippen LogP contribution is 2.25. The summed E-state index contributed by atoms with van der Waals surface area (Å²) in [6.07, 6.45) is 11.1. The highest BCUT2D eigenvalue weighted by Gasteiger charge is 2.30. The Labute approximate surface area is 214 Å². The molecule has 36 heavy (non-hydrogen) atoms. The number of aryl methyl sites for hydroxylation is 1. The van der Waals surface area contributed by atoms with Gasteiger partial charge >= 0.3 is 0 Å². The molecule has 9 nitrogen and oxygen atoms in total. The van der Waals surface area contributed by atoms with E-state index in [1.165, 1.54) is 0 Å². The first-order valence-electron chi connectivity index (χ1n) is 12.3. The Bertz CT molecular complexity index is 1180. The zero-order valence-electron chi connectivity index (χ0n) is 20.5. The molecule has 0 radical (unpaired) electrons. The molecule has 0 aliphatic carbocycles. The van der Waals surface area contributed by atoms with E-state index in [9.17, 15) is 9.32 Å². The number of H-pyrrole nitrogens is 1. The van der Waals surface area contributed by atoms with Crippen LogP contribution in [0.25, 0.3) is 0 Å². The molecule has 0 fully saturated rings. The summed E-state index contributed by atoms with van der Waals surface area (Å²) >= 11 is -1.70. The molecule has 10 heteroatoms. The van der Waals surface area contributed by atoms with Crippen molar-refractivity contribution in [2.45, 2.75) is 45.1 Å². The van der Waals surface area contributed by atoms with Crippen molar-refractivity contribution in [3.63, 3.8) is 0 Å². The first-order chi connectivity index (χ1) is 17.7. The fourth-order valence-electron chi connectivity index (χ4n) is 4.35. The van der Waals surface area contributed by atoms with Gasteiger partial charge in [-0.25, -0.2) is 9.19 Å². The fourth-order valence-corrected chi connectivity index (χ4v) is 5.09. The number of aromatic amines is 1. The number of amidine groups is 1. The molecule has 1 aliphatic rings. The molecule has 4 rings (SSSR count). The maximum absolute atomic E-state index is 12.2. The molecule has 3 N–H and O–H groups in total.